The van der Waals surface area contributed by atoms with Crippen molar-refractivity contribution in [3.05, 3.63) is 57.6 Å². The second kappa shape index (κ2) is 7.92. The van der Waals surface area contributed by atoms with E-state index < -0.39 is 0 Å². The topological polar surface area (TPSA) is 93.3 Å². The zero-order chi connectivity index (χ0) is 18.6. The van der Waals surface area contributed by atoms with Gasteiger partial charge in [-0.3, -0.25) is 9.59 Å². The lowest BCUT2D eigenvalue weighted by Gasteiger charge is -2.32. The Morgan fingerprint density at radius 1 is 1.30 bits per heavy atom. The summed E-state index contributed by atoms with van der Waals surface area (Å²) < 4.78 is 11.4. The van der Waals surface area contributed by atoms with E-state index in [-0.39, 0.29) is 29.2 Å². The van der Waals surface area contributed by atoms with Gasteiger partial charge in [0.05, 0.1) is 12.6 Å². The first-order valence-corrected chi connectivity index (χ1v) is 9.42. The fourth-order valence-electron chi connectivity index (χ4n) is 3.65. The first-order chi connectivity index (χ1) is 13.2. The van der Waals surface area contributed by atoms with Gasteiger partial charge in [0.1, 0.15) is 11.7 Å². The largest absolute Gasteiger partial charge is 0.470 e. The highest BCUT2D eigenvalue weighted by Crippen LogP contribution is 2.19. The number of carbonyl (C=O) groups is 1. The quantitative estimate of drug-likeness (QED) is 0.854. The predicted molar refractivity (Wildman–Crippen MR) is 99.0 cm³/mol. The average Bonchev–Trinajstić information content (AvgIpc) is 2.69. The van der Waals surface area contributed by atoms with Gasteiger partial charge in [-0.05, 0) is 49.8 Å². The van der Waals surface area contributed by atoms with Crippen LogP contribution in [-0.2, 0) is 17.6 Å². The molecular weight excluding hydrogens is 346 g/mol. The second-order valence-corrected chi connectivity index (χ2v) is 6.99. The zero-order valence-corrected chi connectivity index (χ0v) is 15.1. The molecule has 1 aliphatic carbocycles. The molecule has 0 radical (unpaired) electrons. The van der Waals surface area contributed by atoms with Crippen LogP contribution in [0, 0.1) is 0 Å². The predicted octanol–water partition coefficient (Wildman–Crippen LogP) is 1.61. The number of hydrogen-bond donors (Lipinski definition) is 2. The van der Waals surface area contributed by atoms with Gasteiger partial charge in [-0.25, -0.2) is 4.98 Å². The molecule has 142 valence electrons. The number of H-pyrrole nitrogens is 1. The standard InChI is InChI=1S/C20H23N3O4/c24-19-14(11-13-5-1-2-6-15(13)22-19)20(25)23-16-8-10-26-12-17(16)27-18-7-3-4-9-21-18/h3-4,7,9,11,16-17H,1-2,5-6,8,10,12H2,(H,22,24)(H,23,25)/t16-,17-/m1/s1. The molecule has 1 aliphatic heterocycles. The van der Waals surface area contributed by atoms with Crippen LogP contribution in [0.15, 0.2) is 35.3 Å². The van der Waals surface area contributed by atoms with Crippen LogP contribution in [0.25, 0.3) is 0 Å². The molecule has 2 aliphatic rings. The van der Waals surface area contributed by atoms with Gasteiger partial charge < -0.3 is 19.8 Å². The normalized spacial score (nSPS) is 21.9. The Bertz CT molecular complexity index is 865. The lowest BCUT2D eigenvalue weighted by Crippen LogP contribution is -2.52. The van der Waals surface area contributed by atoms with Crippen molar-refractivity contribution in [3.8, 4) is 5.88 Å². The lowest BCUT2D eigenvalue weighted by molar-refractivity contribution is -0.0153. The van der Waals surface area contributed by atoms with Gasteiger partial charge in [-0.2, -0.15) is 0 Å². The molecular formula is C20H23N3O4. The third kappa shape index (κ3) is 4.03. The van der Waals surface area contributed by atoms with E-state index in [2.05, 4.69) is 15.3 Å². The smallest absolute Gasteiger partial charge is 0.261 e. The number of carbonyl (C=O) groups excluding carboxylic acids is 1. The Hall–Kier alpha value is -2.67. The van der Waals surface area contributed by atoms with Crippen LogP contribution in [0.4, 0.5) is 0 Å². The maximum absolute atomic E-state index is 12.8. The Balaban J connectivity index is 1.50. The number of fused-ring (bicyclic) bond motifs is 1. The second-order valence-electron chi connectivity index (χ2n) is 6.99. The molecule has 0 bridgehead atoms. The van der Waals surface area contributed by atoms with Crippen LogP contribution in [0.2, 0.25) is 0 Å². The van der Waals surface area contributed by atoms with Crippen LogP contribution >= 0.6 is 0 Å². The molecule has 0 unspecified atom stereocenters. The molecule has 1 fully saturated rings. The van der Waals surface area contributed by atoms with Gasteiger partial charge in [0.15, 0.2) is 0 Å². The summed E-state index contributed by atoms with van der Waals surface area (Å²) in [7, 11) is 0. The summed E-state index contributed by atoms with van der Waals surface area (Å²) in [5, 5.41) is 2.96. The van der Waals surface area contributed by atoms with E-state index in [4.69, 9.17) is 9.47 Å². The summed E-state index contributed by atoms with van der Waals surface area (Å²) >= 11 is 0. The number of aromatic nitrogens is 2. The van der Waals surface area contributed by atoms with Gasteiger partial charge in [-0.1, -0.05) is 6.07 Å². The fourth-order valence-corrected chi connectivity index (χ4v) is 3.65. The Kier molecular flexibility index (Phi) is 5.20. The molecule has 2 atom stereocenters. The van der Waals surface area contributed by atoms with Gasteiger partial charge in [-0.15, -0.1) is 0 Å². The number of nitrogens with one attached hydrogen (secondary N) is 2. The monoisotopic (exact) mass is 369 g/mol. The van der Waals surface area contributed by atoms with Crippen molar-refractivity contribution in [3.63, 3.8) is 0 Å². The van der Waals surface area contributed by atoms with Crippen molar-refractivity contribution in [1.29, 1.82) is 0 Å². The van der Waals surface area contributed by atoms with Crippen LogP contribution in [0.1, 0.15) is 40.9 Å². The molecule has 2 N–H and O–H groups in total. The Labute approximate surface area is 157 Å². The number of pyridine rings is 2. The molecule has 7 nitrogen and oxygen atoms in total. The molecule has 3 heterocycles. The highest BCUT2D eigenvalue weighted by molar-refractivity contribution is 5.94. The molecule has 4 rings (SSSR count). The van der Waals surface area contributed by atoms with E-state index >= 15 is 0 Å². The molecule has 7 heteroatoms. The van der Waals surface area contributed by atoms with Crippen molar-refractivity contribution >= 4 is 5.91 Å². The molecule has 2 aromatic heterocycles. The Morgan fingerprint density at radius 3 is 3.04 bits per heavy atom. The summed E-state index contributed by atoms with van der Waals surface area (Å²) in [6.45, 7) is 0.898. The van der Waals surface area contributed by atoms with E-state index in [0.717, 1.165) is 36.9 Å². The van der Waals surface area contributed by atoms with Crippen molar-refractivity contribution in [2.24, 2.45) is 0 Å². The van der Waals surface area contributed by atoms with Crippen LogP contribution < -0.4 is 15.6 Å². The minimum atomic E-state index is -0.369. The molecule has 27 heavy (non-hydrogen) atoms. The van der Waals surface area contributed by atoms with Gasteiger partial charge in [0.25, 0.3) is 11.5 Å². The van der Waals surface area contributed by atoms with Crippen LogP contribution in [0.5, 0.6) is 5.88 Å². The summed E-state index contributed by atoms with van der Waals surface area (Å²) in [5.41, 5.74) is 1.87. The molecule has 0 saturated carbocycles. The fraction of sp³-hybridized carbons (Fsp3) is 0.450. The molecule has 1 amide bonds. The molecule has 0 aromatic carbocycles. The molecule has 2 aromatic rings. The minimum absolute atomic E-state index is 0.165. The van der Waals surface area contributed by atoms with Crippen molar-refractivity contribution < 1.29 is 14.3 Å². The highest BCUT2D eigenvalue weighted by atomic mass is 16.5. The van der Waals surface area contributed by atoms with Crippen LogP contribution in [0.3, 0.4) is 0 Å². The maximum atomic E-state index is 12.8. The summed E-state index contributed by atoms with van der Waals surface area (Å²) in [5.74, 6) is 0.116. The number of ether oxygens (including phenoxy) is 2. The first kappa shape index (κ1) is 17.7. The van der Waals surface area contributed by atoms with Crippen molar-refractivity contribution in [2.45, 2.75) is 44.2 Å². The average molecular weight is 369 g/mol. The molecule has 1 saturated heterocycles. The summed E-state index contributed by atoms with van der Waals surface area (Å²) in [4.78, 5) is 32.2. The SMILES string of the molecule is O=C(N[C@@H]1CCOC[C@H]1Oc1ccccn1)c1cc2c([nH]c1=O)CCCC2. The van der Waals surface area contributed by atoms with Crippen LogP contribution in [-0.4, -0.2) is 41.2 Å². The van der Waals surface area contributed by atoms with E-state index in [1.807, 2.05) is 12.1 Å². The third-order valence-electron chi connectivity index (χ3n) is 5.11. The van der Waals surface area contributed by atoms with Crippen molar-refractivity contribution in [2.75, 3.05) is 13.2 Å². The number of aromatic amines is 1. The molecule has 0 spiro atoms. The number of nitrogens with zero attached hydrogens (tertiary/aromatic N) is 1. The van der Waals surface area contributed by atoms with E-state index in [1.54, 1.807) is 18.3 Å². The lowest BCUT2D eigenvalue weighted by atomic mass is 9.95. The first-order valence-electron chi connectivity index (χ1n) is 9.42. The van der Waals surface area contributed by atoms with Crippen molar-refractivity contribution in [1.82, 2.24) is 15.3 Å². The Morgan fingerprint density at radius 2 is 2.19 bits per heavy atom. The van der Waals surface area contributed by atoms with E-state index in [9.17, 15) is 9.59 Å². The summed E-state index contributed by atoms with van der Waals surface area (Å²) in [6.07, 6.45) is 5.84. The number of hydrogen-bond acceptors (Lipinski definition) is 5. The minimum Gasteiger partial charge on any atom is -0.470 e. The van der Waals surface area contributed by atoms with E-state index in [1.165, 1.54) is 0 Å². The van der Waals surface area contributed by atoms with Gasteiger partial charge in [0.2, 0.25) is 5.88 Å². The summed E-state index contributed by atoms with van der Waals surface area (Å²) in [6, 6.07) is 6.92. The number of aryl methyl sites for hydroxylation is 2. The highest BCUT2D eigenvalue weighted by Gasteiger charge is 2.30. The number of amides is 1. The number of rotatable bonds is 4. The third-order valence-corrected chi connectivity index (χ3v) is 5.11. The van der Waals surface area contributed by atoms with Gasteiger partial charge in [0, 0.05) is 24.6 Å². The van der Waals surface area contributed by atoms with E-state index in [0.29, 0.717) is 25.5 Å². The maximum Gasteiger partial charge on any atom is 0.261 e. The van der Waals surface area contributed by atoms with Gasteiger partial charge >= 0.3 is 0 Å². The zero-order valence-electron chi connectivity index (χ0n) is 15.1.